The molecule has 0 spiro atoms. The number of nitrogens with zero attached hydrogens (tertiary/aromatic N) is 1. The molecule has 1 aromatic rings. The first kappa shape index (κ1) is 13.7. The Labute approximate surface area is 105 Å². The number of rotatable bonds is 5. The highest BCUT2D eigenvalue weighted by Crippen LogP contribution is 2.16. The van der Waals surface area contributed by atoms with Gasteiger partial charge in [-0.1, -0.05) is 18.5 Å². The number of anilines is 1. The highest BCUT2D eigenvalue weighted by Gasteiger charge is 2.13. The van der Waals surface area contributed by atoms with E-state index < -0.39 is 0 Å². The number of hydrogen-bond acceptors (Lipinski definition) is 4. The van der Waals surface area contributed by atoms with Gasteiger partial charge in [0.25, 0.3) is 5.91 Å². The summed E-state index contributed by atoms with van der Waals surface area (Å²) in [6, 6.07) is 1.47. The number of nitrogens with two attached hydrogens (primary N) is 1. The normalized spacial score (nSPS) is 12.2. The summed E-state index contributed by atoms with van der Waals surface area (Å²) in [5, 5.41) is 3.10. The number of carbonyl (C=O) groups is 1. The van der Waals surface area contributed by atoms with E-state index in [-0.39, 0.29) is 22.8 Å². The Balaban J connectivity index is 2.72. The minimum atomic E-state index is -0.233. The smallest absolute Gasteiger partial charge is 0.253 e. The molecular weight excluding hydrogens is 242 g/mol. The van der Waals surface area contributed by atoms with Crippen LogP contribution in [-0.2, 0) is 4.74 Å². The molecule has 17 heavy (non-hydrogen) atoms. The SMILES string of the molecule is CCC(COC)NC(=O)c1cnc(N)c(Cl)c1. The van der Waals surface area contributed by atoms with Gasteiger partial charge in [0.05, 0.1) is 23.2 Å². The molecule has 3 N–H and O–H groups in total. The summed E-state index contributed by atoms with van der Waals surface area (Å²) in [4.78, 5) is 15.7. The molecule has 1 unspecified atom stereocenters. The molecule has 1 atom stereocenters. The molecule has 94 valence electrons. The monoisotopic (exact) mass is 257 g/mol. The van der Waals surface area contributed by atoms with E-state index in [4.69, 9.17) is 22.1 Å². The third-order valence-corrected chi connectivity index (χ3v) is 2.63. The van der Waals surface area contributed by atoms with Crippen molar-refractivity contribution in [2.75, 3.05) is 19.5 Å². The summed E-state index contributed by atoms with van der Waals surface area (Å²) in [5.74, 6) is -0.0181. The average molecular weight is 258 g/mol. The van der Waals surface area contributed by atoms with E-state index >= 15 is 0 Å². The predicted molar refractivity (Wildman–Crippen MR) is 67.1 cm³/mol. The maximum absolute atomic E-state index is 11.8. The Morgan fingerprint density at radius 3 is 2.94 bits per heavy atom. The number of aromatic nitrogens is 1. The fraction of sp³-hybridized carbons (Fsp3) is 0.455. The van der Waals surface area contributed by atoms with Crippen molar-refractivity contribution >= 4 is 23.3 Å². The Morgan fingerprint density at radius 1 is 1.71 bits per heavy atom. The van der Waals surface area contributed by atoms with Crippen molar-refractivity contribution in [2.24, 2.45) is 0 Å². The molecule has 0 fully saturated rings. The van der Waals surface area contributed by atoms with Crippen LogP contribution < -0.4 is 11.1 Å². The molecule has 0 aliphatic carbocycles. The topological polar surface area (TPSA) is 77.2 Å². The summed E-state index contributed by atoms with van der Waals surface area (Å²) in [5.41, 5.74) is 5.86. The van der Waals surface area contributed by atoms with Gasteiger partial charge >= 0.3 is 0 Å². The van der Waals surface area contributed by atoms with E-state index in [0.717, 1.165) is 6.42 Å². The largest absolute Gasteiger partial charge is 0.383 e. The molecule has 1 heterocycles. The maximum atomic E-state index is 11.8. The lowest BCUT2D eigenvalue weighted by atomic mass is 10.2. The van der Waals surface area contributed by atoms with Gasteiger partial charge in [0.1, 0.15) is 5.82 Å². The minimum Gasteiger partial charge on any atom is -0.383 e. The zero-order valence-corrected chi connectivity index (χ0v) is 10.6. The van der Waals surface area contributed by atoms with Gasteiger partial charge in [0.15, 0.2) is 0 Å². The van der Waals surface area contributed by atoms with Crippen molar-refractivity contribution in [1.82, 2.24) is 10.3 Å². The van der Waals surface area contributed by atoms with E-state index in [1.54, 1.807) is 7.11 Å². The van der Waals surface area contributed by atoms with Crippen LogP contribution in [0.25, 0.3) is 0 Å². The molecule has 1 amide bonds. The first-order valence-corrected chi connectivity index (χ1v) is 5.67. The second kappa shape index (κ2) is 6.42. The second-order valence-electron chi connectivity index (χ2n) is 3.63. The molecule has 1 aromatic heterocycles. The molecule has 0 bridgehead atoms. The molecule has 1 rings (SSSR count). The number of ether oxygens (including phenoxy) is 1. The Morgan fingerprint density at radius 2 is 2.41 bits per heavy atom. The van der Waals surface area contributed by atoms with E-state index in [9.17, 15) is 4.79 Å². The second-order valence-corrected chi connectivity index (χ2v) is 4.03. The zero-order valence-electron chi connectivity index (χ0n) is 9.87. The summed E-state index contributed by atoms with van der Waals surface area (Å²) in [6.07, 6.45) is 2.19. The van der Waals surface area contributed by atoms with Gasteiger partial charge in [-0.3, -0.25) is 4.79 Å². The number of amides is 1. The van der Waals surface area contributed by atoms with E-state index in [1.807, 2.05) is 6.92 Å². The van der Waals surface area contributed by atoms with Crippen LogP contribution in [0.4, 0.5) is 5.82 Å². The zero-order chi connectivity index (χ0) is 12.8. The van der Waals surface area contributed by atoms with Crippen molar-refractivity contribution in [3.8, 4) is 0 Å². The number of hydrogen-bond donors (Lipinski definition) is 2. The van der Waals surface area contributed by atoms with Crippen LogP contribution in [0.2, 0.25) is 5.02 Å². The van der Waals surface area contributed by atoms with Crippen molar-refractivity contribution < 1.29 is 9.53 Å². The van der Waals surface area contributed by atoms with Crippen LogP contribution >= 0.6 is 11.6 Å². The van der Waals surface area contributed by atoms with E-state index in [0.29, 0.717) is 12.2 Å². The number of pyridine rings is 1. The van der Waals surface area contributed by atoms with Crippen molar-refractivity contribution in [3.05, 3.63) is 22.8 Å². The van der Waals surface area contributed by atoms with Crippen molar-refractivity contribution in [3.63, 3.8) is 0 Å². The van der Waals surface area contributed by atoms with Crippen molar-refractivity contribution in [2.45, 2.75) is 19.4 Å². The molecule has 0 aliphatic heterocycles. The number of carbonyl (C=O) groups excluding carboxylic acids is 1. The number of nitrogens with one attached hydrogen (secondary N) is 1. The predicted octanol–water partition coefficient (Wildman–Crippen LogP) is 1.47. The average Bonchev–Trinajstić information content (AvgIpc) is 2.31. The summed E-state index contributed by atoms with van der Waals surface area (Å²) < 4.78 is 5.00. The van der Waals surface area contributed by atoms with Crippen molar-refractivity contribution in [1.29, 1.82) is 0 Å². The van der Waals surface area contributed by atoms with Crippen LogP contribution in [0.15, 0.2) is 12.3 Å². The highest BCUT2D eigenvalue weighted by atomic mass is 35.5. The number of nitrogen functional groups attached to an aromatic ring is 1. The van der Waals surface area contributed by atoms with Gasteiger partial charge in [-0.15, -0.1) is 0 Å². The molecule has 6 heteroatoms. The molecule has 0 aromatic carbocycles. The molecule has 0 saturated carbocycles. The summed E-state index contributed by atoms with van der Waals surface area (Å²) >= 11 is 5.80. The number of halogens is 1. The summed E-state index contributed by atoms with van der Waals surface area (Å²) in [7, 11) is 1.59. The maximum Gasteiger partial charge on any atom is 0.253 e. The third-order valence-electron chi connectivity index (χ3n) is 2.33. The standard InChI is InChI=1S/C11H16ClN3O2/c1-3-8(6-17-2)15-11(16)7-4-9(12)10(13)14-5-7/h4-5,8H,3,6H2,1-2H3,(H2,13,14)(H,15,16). The van der Waals surface area contributed by atoms with Crippen LogP contribution in [-0.4, -0.2) is 30.6 Å². The van der Waals surface area contributed by atoms with Gasteiger partial charge in [-0.05, 0) is 12.5 Å². The lowest BCUT2D eigenvalue weighted by Gasteiger charge is -2.15. The lowest BCUT2D eigenvalue weighted by molar-refractivity contribution is 0.0894. The fourth-order valence-corrected chi connectivity index (χ4v) is 1.47. The van der Waals surface area contributed by atoms with Gasteiger partial charge < -0.3 is 15.8 Å². The fourth-order valence-electron chi connectivity index (χ4n) is 1.30. The first-order valence-electron chi connectivity index (χ1n) is 5.29. The quantitative estimate of drug-likeness (QED) is 0.838. The van der Waals surface area contributed by atoms with E-state index in [1.165, 1.54) is 12.3 Å². The van der Waals surface area contributed by atoms with Crippen LogP contribution in [0, 0.1) is 0 Å². The molecule has 0 radical (unpaired) electrons. The van der Waals surface area contributed by atoms with Gasteiger partial charge in [0.2, 0.25) is 0 Å². The van der Waals surface area contributed by atoms with Gasteiger partial charge in [0, 0.05) is 13.3 Å². The Hall–Kier alpha value is -1.33. The van der Waals surface area contributed by atoms with Crippen LogP contribution in [0.3, 0.4) is 0 Å². The van der Waals surface area contributed by atoms with Gasteiger partial charge in [-0.2, -0.15) is 0 Å². The Bertz CT molecular complexity index is 398. The number of methoxy groups -OCH3 is 1. The Kier molecular flexibility index (Phi) is 5.18. The molecule has 0 aliphatic rings. The molecule has 0 saturated heterocycles. The lowest BCUT2D eigenvalue weighted by Crippen LogP contribution is -2.37. The van der Waals surface area contributed by atoms with Gasteiger partial charge in [-0.25, -0.2) is 4.98 Å². The first-order chi connectivity index (χ1) is 8.08. The summed E-state index contributed by atoms with van der Waals surface area (Å²) in [6.45, 7) is 2.44. The van der Waals surface area contributed by atoms with Crippen LogP contribution in [0.5, 0.6) is 0 Å². The van der Waals surface area contributed by atoms with Crippen LogP contribution in [0.1, 0.15) is 23.7 Å². The van der Waals surface area contributed by atoms with E-state index in [2.05, 4.69) is 10.3 Å². The third kappa shape index (κ3) is 3.87. The highest BCUT2D eigenvalue weighted by molar-refractivity contribution is 6.33. The minimum absolute atomic E-state index is 0.0242. The molecular formula is C11H16ClN3O2. The molecule has 5 nitrogen and oxygen atoms in total.